The Bertz CT molecular complexity index is 1030. The van der Waals surface area contributed by atoms with Crippen molar-refractivity contribution in [2.75, 3.05) is 11.9 Å². The number of fused-ring (bicyclic) bond motifs is 1. The fourth-order valence-corrected chi connectivity index (χ4v) is 3.90. The summed E-state index contributed by atoms with van der Waals surface area (Å²) in [5.74, 6) is 1.70. The Labute approximate surface area is 245 Å². The van der Waals surface area contributed by atoms with Gasteiger partial charge in [-0.15, -0.1) is 0 Å². The molecular weight excluding hydrogens is 498 g/mol. The Balaban J connectivity index is 0.00000150. The number of anilines is 1. The van der Waals surface area contributed by atoms with E-state index in [9.17, 15) is 4.79 Å². The van der Waals surface area contributed by atoms with Crippen LogP contribution in [-0.4, -0.2) is 23.6 Å². The van der Waals surface area contributed by atoms with Crippen LogP contribution in [0.2, 0.25) is 0 Å². The number of ether oxygens (including phenoxy) is 2. The summed E-state index contributed by atoms with van der Waals surface area (Å²) in [4.78, 5) is 17.1. The minimum Gasteiger partial charge on any atom is -0.490 e. The minimum atomic E-state index is -0.532. The van der Waals surface area contributed by atoms with Gasteiger partial charge in [0, 0.05) is 17.3 Å². The molecule has 1 aliphatic rings. The smallest absolute Gasteiger partial charge is 0.254 e. The van der Waals surface area contributed by atoms with E-state index in [2.05, 4.69) is 57.6 Å². The van der Waals surface area contributed by atoms with Gasteiger partial charge in [0.15, 0.2) is 0 Å². The predicted octanol–water partition coefficient (Wildman–Crippen LogP) is 9.52. The largest absolute Gasteiger partial charge is 0.490 e. The second-order valence-electron chi connectivity index (χ2n) is 9.89. The molecule has 226 valence electrons. The first-order chi connectivity index (χ1) is 19.2. The number of carbonyl (C=O) groups excluding carboxylic acids is 1. The van der Waals surface area contributed by atoms with Crippen LogP contribution in [0.15, 0.2) is 31.1 Å². The van der Waals surface area contributed by atoms with Crippen molar-refractivity contribution in [1.82, 2.24) is 4.98 Å². The number of aryl methyl sites for hydroxylation is 1. The predicted molar refractivity (Wildman–Crippen MR) is 173 cm³/mol. The van der Waals surface area contributed by atoms with Crippen molar-refractivity contribution < 1.29 is 14.3 Å². The van der Waals surface area contributed by atoms with E-state index >= 15 is 0 Å². The standard InChI is InChI=1S/C25H33N3O3.C5H12.2C2H6/c1-6-15(4)21-19(18-12-17-10-9-11-30-25(17)28-14-18)13-20(31-16(5)7-2)22(24(26)29)23(21)27-8-3;1-4-5(2)3;2*1-2/h8,12-16,27H,3,6-7,9-11H2,1-2,4-5H3,(H2,26,29);5H,4H2,1-3H3;2*1-2H3. The van der Waals surface area contributed by atoms with Crippen LogP contribution in [0.5, 0.6) is 11.6 Å². The highest BCUT2D eigenvalue weighted by Crippen LogP contribution is 2.44. The Kier molecular flexibility index (Phi) is 18.4. The second kappa shape index (κ2) is 19.9. The van der Waals surface area contributed by atoms with Gasteiger partial charge in [-0.3, -0.25) is 4.79 Å². The first kappa shape index (κ1) is 37.0. The Morgan fingerprint density at radius 1 is 1.10 bits per heavy atom. The van der Waals surface area contributed by atoms with E-state index in [0.717, 1.165) is 53.9 Å². The van der Waals surface area contributed by atoms with E-state index in [4.69, 9.17) is 15.2 Å². The van der Waals surface area contributed by atoms with E-state index in [1.54, 1.807) is 6.20 Å². The van der Waals surface area contributed by atoms with Crippen molar-refractivity contribution in [3.63, 3.8) is 0 Å². The average Bonchev–Trinajstić information content (AvgIpc) is 2.98. The molecule has 2 aromatic rings. The normalized spacial score (nSPS) is 12.9. The monoisotopic (exact) mass is 555 g/mol. The van der Waals surface area contributed by atoms with Crippen molar-refractivity contribution in [2.24, 2.45) is 11.7 Å². The molecule has 2 unspecified atom stereocenters. The minimum absolute atomic E-state index is 0.0629. The number of nitrogens with two attached hydrogens (primary N) is 1. The molecule has 1 aromatic carbocycles. The zero-order valence-electron chi connectivity index (χ0n) is 27.2. The summed E-state index contributed by atoms with van der Waals surface area (Å²) in [5, 5.41) is 3.18. The van der Waals surface area contributed by atoms with Gasteiger partial charge in [-0.25, -0.2) is 4.98 Å². The van der Waals surface area contributed by atoms with Crippen LogP contribution >= 0.6 is 0 Å². The molecule has 0 spiro atoms. The SMILES string of the molecule is C=CNc1c(C(N)=O)c(OC(C)CC)cc(-c2cnc3c(c2)CCCO3)c1C(C)CC.CC.CC.CCC(C)C. The number of benzene rings is 1. The summed E-state index contributed by atoms with van der Waals surface area (Å²) in [6.07, 6.45) is 8.26. The third-order valence-electron chi connectivity index (χ3n) is 6.71. The molecule has 3 N–H and O–H groups in total. The number of nitrogens with zero attached hydrogens (tertiary/aromatic N) is 1. The van der Waals surface area contributed by atoms with Gasteiger partial charge in [-0.2, -0.15) is 0 Å². The van der Waals surface area contributed by atoms with Gasteiger partial charge in [-0.05, 0) is 73.9 Å². The highest BCUT2D eigenvalue weighted by molar-refractivity contribution is 6.04. The van der Waals surface area contributed by atoms with Crippen LogP contribution in [-0.2, 0) is 6.42 Å². The fraction of sp³-hybridized carbons (Fsp3) is 0.588. The number of nitrogens with one attached hydrogen (secondary N) is 1. The lowest BCUT2D eigenvalue weighted by molar-refractivity contribution is 0.0994. The second-order valence-corrected chi connectivity index (χ2v) is 9.89. The van der Waals surface area contributed by atoms with Crippen molar-refractivity contribution >= 4 is 11.6 Å². The van der Waals surface area contributed by atoms with Crippen LogP contribution in [0.3, 0.4) is 0 Å². The molecule has 3 rings (SSSR count). The van der Waals surface area contributed by atoms with E-state index in [1.165, 1.54) is 6.42 Å². The summed E-state index contributed by atoms with van der Waals surface area (Å²) in [5.41, 5.74) is 10.9. The van der Waals surface area contributed by atoms with Gasteiger partial charge >= 0.3 is 0 Å². The van der Waals surface area contributed by atoms with Gasteiger partial charge in [-0.1, -0.05) is 82.2 Å². The highest BCUT2D eigenvalue weighted by Gasteiger charge is 2.27. The van der Waals surface area contributed by atoms with Gasteiger partial charge in [0.05, 0.1) is 18.4 Å². The van der Waals surface area contributed by atoms with Crippen LogP contribution in [0.1, 0.15) is 129 Å². The number of hydrogen-bond acceptors (Lipinski definition) is 5. The molecular formula is C34H57N3O3. The maximum atomic E-state index is 12.5. The fourth-order valence-electron chi connectivity index (χ4n) is 3.90. The van der Waals surface area contributed by atoms with Crippen molar-refractivity contribution in [3.8, 4) is 22.8 Å². The number of aromatic nitrogens is 1. The Hall–Kier alpha value is -3.02. The van der Waals surface area contributed by atoms with Crippen LogP contribution < -0.4 is 20.5 Å². The molecule has 1 aliphatic heterocycles. The number of pyridine rings is 1. The zero-order valence-corrected chi connectivity index (χ0v) is 27.2. The topological polar surface area (TPSA) is 86.5 Å². The van der Waals surface area contributed by atoms with Crippen LogP contribution in [0, 0.1) is 5.92 Å². The molecule has 0 aliphatic carbocycles. The summed E-state index contributed by atoms with van der Waals surface area (Å²) in [7, 11) is 0. The zero-order chi connectivity index (χ0) is 30.8. The average molecular weight is 556 g/mol. The lowest BCUT2D eigenvalue weighted by atomic mass is 9.86. The first-order valence-corrected chi connectivity index (χ1v) is 15.3. The lowest BCUT2D eigenvalue weighted by Crippen LogP contribution is -2.20. The first-order valence-electron chi connectivity index (χ1n) is 15.3. The summed E-state index contributed by atoms with van der Waals surface area (Å²) in [6.45, 7) is 27.4. The maximum absolute atomic E-state index is 12.5. The Morgan fingerprint density at radius 3 is 2.23 bits per heavy atom. The number of hydrogen-bond donors (Lipinski definition) is 2. The molecule has 0 saturated heterocycles. The summed E-state index contributed by atoms with van der Waals surface area (Å²) in [6, 6.07) is 4.08. The highest BCUT2D eigenvalue weighted by atomic mass is 16.5. The number of rotatable bonds is 10. The molecule has 6 heteroatoms. The molecule has 1 amide bonds. The molecule has 2 atom stereocenters. The maximum Gasteiger partial charge on any atom is 0.254 e. The molecule has 0 saturated carbocycles. The lowest BCUT2D eigenvalue weighted by Gasteiger charge is -2.26. The van der Waals surface area contributed by atoms with Crippen molar-refractivity contribution in [3.05, 3.63) is 47.8 Å². The molecule has 0 bridgehead atoms. The van der Waals surface area contributed by atoms with E-state index in [0.29, 0.717) is 29.5 Å². The molecule has 40 heavy (non-hydrogen) atoms. The van der Waals surface area contributed by atoms with Crippen molar-refractivity contribution in [1.29, 1.82) is 0 Å². The van der Waals surface area contributed by atoms with Gasteiger partial charge in [0.25, 0.3) is 5.91 Å². The molecule has 1 aromatic heterocycles. The van der Waals surface area contributed by atoms with E-state index in [-0.39, 0.29) is 12.0 Å². The van der Waals surface area contributed by atoms with Gasteiger partial charge in [0.1, 0.15) is 11.3 Å². The summed E-state index contributed by atoms with van der Waals surface area (Å²) < 4.78 is 11.9. The number of primary amides is 1. The van der Waals surface area contributed by atoms with E-state index in [1.807, 2.05) is 53.8 Å². The third-order valence-corrected chi connectivity index (χ3v) is 6.71. The summed E-state index contributed by atoms with van der Waals surface area (Å²) >= 11 is 0. The Morgan fingerprint density at radius 2 is 1.73 bits per heavy atom. The number of amides is 1. The quantitative estimate of drug-likeness (QED) is 0.305. The number of carbonyl (C=O) groups is 1. The molecule has 6 nitrogen and oxygen atoms in total. The van der Waals surface area contributed by atoms with Crippen molar-refractivity contribution in [2.45, 2.75) is 120 Å². The van der Waals surface area contributed by atoms with Gasteiger partial charge < -0.3 is 20.5 Å². The van der Waals surface area contributed by atoms with E-state index < -0.39 is 5.91 Å². The molecule has 0 radical (unpaired) electrons. The van der Waals surface area contributed by atoms with Crippen LogP contribution in [0.25, 0.3) is 11.1 Å². The van der Waals surface area contributed by atoms with Crippen LogP contribution in [0.4, 0.5) is 5.69 Å². The van der Waals surface area contributed by atoms with Gasteiger partial charge in [0.2, 0.25) is 5.88 Å². The molecule has 0 fully saturated rings. The molecule has 2 heterocycles. The third kappa shape index (κ3) is 10.5.